The molecular formula is C24H27N5O2S. The van der Waals surface area contributed by atoms with E-state index in [4.69, 9.17) is 9.72 Å². The van der Waals surface area contributed by atoms with E-state index in [1.54, 1.807) is 18.9 Å². The summed E-state index contributed by atoms with van der Waals surface area (Å²) in [5.74, 6) is 2.02. The van der Waals surface area contributed by atoms with Crippen LogP contribution in [0.25, 0.3) is 22.6 Å². The van der Waals surface area contributed by atoms with E-state index in [9.17, 15) is 4.79 Å². The number of aromatic nitrogens is 2. The van der Waals surface area contributed by atoms with Crippen LogP contribution in [0.2, 0.25) is 0 Å². The molecule has 0 unspecified atom stereocenters. The number of aliphatic imine (C=N–C) groups is 1. The van der Waals surface area contributed by atoms with E-state index in [0.717, 1.165) is 54.2 Å². The van der Waals surface area contributed by atoms with Crippen LogP contribution in [-0.2, 0) is 0 Å². The van der Waals surface area contributed by atoms with Crippen molar-refractivity contribution in [1.82, 2.24) is 15.3 Å². The number of H-pyrrole nitrogens is 1. The highest BCUT2D eigenvalue weighted by Crippen LogP contribution is 2.29. The highest BCUT2D eigenvalue weighted by atomic mass is 32.2. The highest BCUT2D eigenvalue weighted by Gasteiger charge is 2.22. The molecule has 2 heterocycles. The maximum absolute atomic E-state index is 13.1. The number of benzene rings is 2. The second-order valence-electron chi connectivity index (χ2n) is 7.39. The molecule has 0 fully saturated rings. The largest absolute Gasteiger partial charge is 0.497 e. The summed E-state index contributed by atoms with van der Waals surface area (Å²) in [4.78, 5) is 25.5. The van der Waals surface area contributed by atoms with Gasteiger partial charge in [0.15, 0.2) is 5.17 Å². The van der Waals surface area contributed by atoms with Gasteiger partial charge >= 0.3 is 0 Å². The molecular weight excluding hydrogens is 422 g/mol. The topological polar surface area (TPSA) is 91.4 Å². The van der Waals surface area contributed by atoms with Gasteiger partial charge in [0.25, 0.3) is 5.91 Å². The summed E-state index contributed by atoms with van der Waals surface area (Å²) in [6, 6.07) is 15.6. The number of thioether (sulfide) groups is 1. The predicted molar refractivity (Wildman–Crippen MR) is 132 cm³/mol. The van der Waals surface area contributed by atoms with E-state index in [2.05, 4.69) is 27.5 Å². The minimum atomic E-state index is -0.250. The van der Waals surface area contributed by atoms with Gasteiger partial charge in [0.2, 0.25) is 0 Å². The van der Waals surface area contributed by atoms with Gasteiger partial charge in [-0.25, -0.2) is 4.98 Å². The number of imidazole rings is 1. The average molecular weight is 450 g/mol. The van der Waals surface area contributed by atoms with E-state index in [-0.39, 0.29) is 5.91 Å². The number of ether oxygens (including phenoxy) is 1. The Kier molecular flexibility index (Phi) is 7.11. The highest BCUT2D eigenvalue weighted by molar-refractivity contribution is 8.14. The Morgan fingerprint density at radius 3 is 2.75 bits per heavy atom. The molecule has 0 bridgehead atoms. The number of nitrogens with zero attached hydrogens (tertiary/aromatic N) is 2. The lowest BCUT2D eigenvalue weighted by atomic mass is 10.1. The smallest absolute Gasteiger partial charge is 0.275 e. The van der Waals surface area contributed by atoms with Gasteiger partial charge in [-0.3, -0.25) is 15.1 Å². The number of unbranched alkanes of at least 4 members (excludes halogenated alkanes) is 1. The Hall–Kier alpha value is -3.26. The number of aromatic amines is 1. The lowest BCUT2D eigenvalue weighted by Gasteiger charge is -2.06. The van der Waals surface area contributed by atoms with E-state index in [0.29, 0.717) is 22.4 Å². The number of hydrogen-bond acceptors (Lipinski definition) is 6. The van der Waals surface area contributed by atoms with Crippen molar-refractivity contribution in [3.05, 3.63) is 54.2 Å². The van der Waals surface area contributed by atoms with Gasteiger partial charge in [-0.2, -0.15) is 0 Å². The standard InChI is InChI=1S/C24H27N5O2S/c1-3-4-12-25-18-7-5-6-17(15-18)22-27-20(16-8-10-19(31-2)11-9-16)21(28-22)23(30)29-24-26-13-14-32-24/h5-11,15,25H,3-4,12-14H2,1-2H3,(H,27,28)(H,26,29,30). The van der Waals surface area contributed by atoms with Crippen LogP contribution in [0.3, 0.4) is 0 Å². The number of amidine groups is 1. The van der Waals surface area contributed by atoms with Crippen molar-refractivity contribution in [1.29, 1.82) is 0 Å². The van der Waals surface area contributed by atoms with Crippen LogP contribution in [0, 0.1) is 0 Å². The lowest BCUT2D eigenvalue weighted by Crippen LogP contribution is -2.28. The minimum absolute atomic E-state index is 0.250. The lowest BCUT2D eigenvalue weighted by molar-refractivity contribution is 0.0974. The molecule has 166 valence electrons. The third kappa shape index (κ3) is 5.13. The fraction of sp³-hybridized carbons (Fsp3) is 0.292. The number of nitrogens with one attached hydrogen (secondary N) is 3. The second kappa shape index (κ2) is 10.4. The van der Waals surface area contributed by atoms with Gasteiger partial charge < -0.3 is 15.0 Å². The van der Waals surface area contributed by atoms with Gasteiger partial charge in [0.1, 0.15) is 23.0 Å². The molecule has 0 saturated heterocycles. The molecule has 1 aliphatic heterocycles. The van der Waals surface area contributed by atoms with Gasteiger partial charge in [-0.05, 0) is 42.8 Å². The third-order valence-corrected chi connectivity index (χ3v) is 5.99. The number of anilines is 1. The molecule has 3 N–H and O–H groups in total. The zero-order valence-corrected chi connectivity index (χ0v) is 19.1. The van der Waals surface area contributed by atoms with E-state index in [1.165, 1.54) is 0 Å². The predicted octanol–water partition coefficient (Wildman–Crippen LogP) is 4.80. The van der Waals surface area contributed by atoms with Crippen LogP contribution in [0.4, 0.5) is 5.69 Å². The Bertz CT molecular complexity index is 1110. The van der Waals surface area contributed by atoms with Gasteiger partial charge in [0, 0.05) is 29.1 Å². The Morgan fingerprint density at radius 2 is 2.03 bits per heavy atom. The molecule has 7 nitrogen and oxygen atoms in total. The first-order valence-electron chi connectivity index (χ1n) is 10.7. The average Bonchev–Trinajstić information content (AvgIpc) is 3.50. The van der Waals surface area contributed by atoms with E-state index >= 15 is 0 Å². The first-order valence-corrected chi connectivity index (χ1v) is 11.7. The molecule has 0 spiro atoms. The number of hydrogen-bond donors (Lipinski definition) is 3. The number of carbonyl (C=O) groups excluding carboxylic acids is 1. The Morgan fingerprint density at radius 1 is 1.19 bits per heavy atom. The number of methoxy groups -OCH3 is 1. The molecule has 1 amide bonds. The summed E-state index contributed by atoms with van der Waals surface area (Å²) in [7, 11) is 1.63. The summed E-state index contributed by atoms with van der Waals surface area (Å²) >= 11 is 1.55. The summed E-state index contributed by atoms with van der Waals surface area (Å²) < 4.78 is 5.27. The van der Waals surface area contributed by atoms with E-state index in [1.807, 2.05) is 48.5 Å². The molecule has 1 aromatic heterocycles. The van der Waals surface area contributed by atoms with E-state index < -0.39 is 0 Å². The van der Waals surface area contributed by atoms with Crippen molar-refractivity contribution in [3.8, 4) is 28.4 Å². The zero-order valence-electron chi connectivity index (χ0n) is 18.3. The summed E-state index contributed by atoms with van der Waals surface area (Å²) in [5, 5.41) is 6.99. The monoisotopic (exact) mass is 449 g/mol. The number of carbonyl (C=O) groups is 1. The molecule has 0 atom stereocenters. The van der Waals surface area contributed by atoms with Crippen molar-refractivity contribution in [2.45, 2.75) is 19.8 Å². The Labute approximate surface area is 192 Å². The summed E-state index contributed by atoms with van der Waals surface area (Å²) in [5.41, 5.74) is 3.77. The van der Waals surface area contributed by atoms with Crippen molar-refractivity contribution in [2.24, 2.45) is 4.99 Å². The molecule has 0 saturated carbocycles. The molecule has 32 heavy (non-hydrogen) atoms. The molecule has 0 radical (unpaired) electrons. The zero-order chi connectivity index (χ0) is 22.3. The third-order valence-electron chi connectivity index (χ3n) is 5.10. The molecule has 1 aliphatic rings. The van der Waals surface area contributed by atoms with Gasteiger partial charge in [-0.15, -0.1) is 0 Å². The molecule has 8 heteroatoms. The normalized spacial score (nSPS) is 13.0. The van der Waals surface area contributed by atoms with Crippen LogP contribution >= 0.6 is 11.8 Å². The number of rotatable bonds is 8. The maximum Gasteiger partial charge on any atom is 0.275 e. The SMILES string of the molecule is CCCCNc1cccc(-c2nc(-c3ccc(OC)cc3)c(C(=O)NC3=NCCS3)[nH]2)c1. The van der Waals surface area contributed by atoms with Crippen LogP contribution in [0.15, 0.2) is 53.5 Å². The summed E-state index contributed by atoms with van der Waals surface area (Å²) in [6.07, 6.45) is 2.25. The van der Waals surface area contributed by atoms with Gasteiger partial charge in [0.05, 0.1) is 13.7 Å². The fourth-order valence-corrected chi connectivity index (χ4v) is 4.11. The second-order valence-corrected chi connectivity index (χ2v) is 8.47. The fourth-order valence-electron chi connectivity index (χ4n) is 3.39. The minimum Gasteiger partial charge on any atom is -0.497 e. The van der Waals surface area contributed by atoms with Crippen molar-refractivity contribution in [3.63, 3.8) is 0 Å². The van der Waals surface area contributed by atoms with Crippen LogP contribution in [0.1, 0.15) is 30.3 Å². The Balaban J connectivity index is 1.68. The molecule has 4 rings (SSSR count). The number of amides is 1. The molecule has 0 aliphatic carbocycles. The van der Waals surface area contributed by atoms with Crippen molar-refractivity contribution >= 4 is 28.5 Å². The van der Waals surface area contributed by atoms with Crippen LogP contribution in [0.5, 0.6) is 5.75 Å². The maximum atomic E-state index is 13.1. The molecule has 3 aromatic rings. The summed E-state index contributed by atoms with van der Waals surface area (Å²) in [6.45, 7) is 3.81. The molecule has 2 aromatic carbocycles. The van der Waals surface area contributed by atoms with Crippen LogP contribution < -0.4 is 15.4 Å². The van der Waals surface area contributed by atoms with Crippen molar-refractivity contribution in [2.75, 3.05) is 31.3 Å². The van der Waals surface area contributed by atoms with Crippen LogP contribution in [-0.4, -0.2) is 47.0 Å². The van der Waals surface area contributed by atoms with Crippen molar-refractivity contribution < 1.29 is 9.53 Å². The first kappa shape index (κ1) is 22.0. The quantitative estimate of drug-likeness (QED) is 0.430. The van der Waals surface area contributed by atoms with Gasteiger partial charge in [-0.1, -0.05) is 37.2 Å². The first-order chi connectivity index (χ1) is 15.7.